The fraction of sp³-hybridized carbons (Fsp3) is 0.575. The molecule has 15 nitrogen and oxygen atoms in total. The number of nitrogens with zero attached hydrogens (tertiary/aromatic N) is 2. The number of hydrogen-bond acceptors (Lipinski definition) is 11. The first kappa shape index (κ1) is 42.4. The number of aromatic nitrogens is 2. The maximum atomic E-state index is 14.7. The number of ether oxygens (including phenoxy) is 4. The first-order valence-electron chi connectivity index (χ1n) is 19.4. The summed E-state index contributed by atoms with van der Waals surface area (Å²) in [4.78, 5) is 63.1. The van der Waals surface area contributed by atoms with Gasteiger partial charge in [-0.3, -0.25) is 14.2 Å². The summed E-state index contributed by atoms with van der Waals surface area (Å²) in [7, 11) is -1.17. The highest BCUT2D eigenvalue weighted by atomic mass is 32.1. The van der Waals surface area contributed by atoms with Crippen LogP contribution in [0.15, 0.2) is 42.3 Å². The summed E-state index contributed by atoms with van der Waals surface area (Å²) in [6.45, 7) is 13.4. The molecule has 310 valence electrons. The van der Waals surface area contributed by atoms with Crippen LogP contribution in [-0.2, 0) is 23.6 Å². The largest absolute Gasteiger partial charge is 0.497 e. The van der Waals surface area contributed by atoms with Crippen LogP contribution in [-0.4, -0.2) is 95.4 Å². The van der Waals surface area contributed by atoms with Crippen molar-refractivity contribution in [3.05, 3.63) is 42.3 Å². The van der Waals surface area contributed by atoms with Gasteiger partial charge >= 0.3 is 6.09 Å². The van der Waals surface area contributed by atoms with Crippen molar-refractivity contribution in [1.82, 2.24) is 20.5 Å². The third kappa shape index (κ3) is 9.24. The number of amides is 3. The highest BCUT2D eigenvalue weighted by Crippen LogP contribution is 2.69. The highest BCUT2D eigenvalue weighted by Gasteiger charge is 2.66. The third-order valence-corrected chi connectivity index (χ3v) is 14.1. The van der Waals surface area contributed by atoms with E-state index < -0.39 is 66.4 Å². The number of likely N-dealkylation sites (tertiary alicyclic amines) is 1. The van der Waals surface area contributed by atoms with Crippen LogP contribution < -0.4 is 30.4 Å². The number of alkyl carbamates (subject to hydrolysis) is 1. The van der Waals surface area contributed by atoms with Crippen molar-refractivity contribution in [3.8, 4) is 22.9 Å². The van der Waals surface area contributed by atoms with Crippen molar-refractivity contribution in [2.45, 2.75) is 109 Å². The van der Waals surface area contributed by atoms with Crippen molar-refractivity contribution in [1.29, 1.82) is 0 Å². The number of fused-ring (bicyclic) bond motifs is 1. The van der Waals surface area contributed by atoms with Crippen molar-refractivity contribution >= 4 is 52.6 Å². The van der Waals surface area contributed by atoms with Gasteiger partial charge in [0.25, 0.3) is 7.37 Å². The number of rotatable bonds is 15. The molecule has 2 saturated carbocycles. The maximum absolute atomic E-state index is 14.7. The van der Waals surface area contributed by atoms with Gasteiger partial charge in [-0.1, -0.05) is 26.8 Å². The first-order valence-corrected chi connectivity index (χ1v) is 22.2. The van der Waals surface area contributed by atoms with Crippen LogP contribution in [0.4, 0.5) is 9.93 Å². The number of H-pyrrole nitrogens is 1. The molecular weight excluding hydrogens is 772 g/mol. The second-order valence-corrected chi connectivity index (χ2v) is 19.9. The fourth-order valence-corrected chi connectivity index (χ4v) is 10.6. The summed E-state index contributed by atoms with van der Waals surface area (Å²) < 4.78 is 36.6. The Morgan fingerprint density at radius 3 is 2.54 bits per heavy atom. The second kappa shape index (κ2) is 16.9. The van der Waals surface area contributed by atoms with Gasteiger partial charge in [0, 0.05) is 30.9 Å². The van der Waals surface area contributed by atoms with Gasteiger partial charge in [-0.15, -0.1) is 17.9 Å². The topological polar surface area (TPSA) is 192 Å². The highest BCUT2D eigenvalue weighted by molar-refractivity contribution is 7.60. The number of carbonyl (C=O) groups is 3. The molecule has 3 amide bonds. The zero-order chi connectivity index (χ0) is 41.3. The minimum Gasteiger partial charge on any atom is -0.497 e. The second-order valence-electron chi connectivity index (χ2n) is 16.6. The standard InChI is InChI=1S/C40H55N6O9PS/c1-9-24-19-40(24,56(50,51)22-52-7)45-35(47)32-17-27(20-46(32)36(48)34(39(4,5)6)44-38(49)55-25-12-10-11-13-25)54-33-18-30(31-21-57-37(43-31)41-23(2)3)42-29-16-26(53-8)14-15-28(29)33/h9,14-16,18,21,23-25,27,32,34H,1,10-13,17,19-20,22H2,2-8H3,(H,41,43)(H,44,49)(H,45,47)(H,50,51)/p+1/t24-,27?,32+,34-,40+/m1/s1. The van der Waals surface area contributed by atoms with Gasteiger partial charge in [0.1, 0.15) is 53.1 Å². The molecular formula is C40H56N6O9PS+. The van der Waals surface area contributed by atoms with E-state index >= 15 is 0 Å². The van der Waals surface area contributed by atoms with Gasteiger partial charge in [-0.25, -0.2) is 14.8 Å². The van der Waals surface area contributed by atoms with Crippen LogP contribution in [0.1, 0.15) is 73.1 Å². The number of aromatic amines is 1. The molecule has 0 radical (unpaired) electrons. The van der Waals surface area contributed by atoms with Crippen LogP contribution in [0.3, 0.4) is 0 Å². The van der Waals surface area contributed by atoms with Crippen LogP contribution in [0, 0.1) is 11.3 Å². The third-order valence-electron chi connectivity index (χ3n) is 10.9. The van der Waals surface area contributed by atoms with E-state index in [1.165, 1.54) is 23.3 Å². The summed E-state index contributed by atoms with van der Waals surface area (Å²) >= 11 is 1.48. The summed E-state index contributed by atoms with van der Waals surface area (Å²) in [5.74, 6) is -0.471. The van der Waals surface area contributed by atoms with Gasteiger partial charge in [0.2, 0.25) is 23.0 Å². The van der Waals surface area contributed by atoms with E-state index in [2.05, 4.69) is 27.5 Å². The Morgan fingerprint density at radius 2 is 1.91 bits per heavy atom. The molecule has 1 saturated heterocycles. The lowest BCUT2D eigenvalue weighted by Crippen LogP contribution is -2.58. The number of methoxy groups -OCH3 is 2. The van der Waals surface area contributed by atoms with Gasteiger partial charge in [-0.05, 0) is 63.5 Å². The average Bonchev–Trinajstić information content (AvgIpc) is 3.55. The Morgan fingerprint density at radius 1 is 1.18 bits per heavy atom. The Bertz CT molecular complexity index is 2030. The van der Waals surface area contributed by atoms with Gasteiger partial charge in [-0.2, -0.15) is 0 Å². The number of thiazole rings is 1. The van der Waals surface area contributed by atoms with Gasteiger partial charge in [0.05, 0.1) is 31.2 Å². The molecule has 0 bridgehead atoms. The molecule has 57 heavy (non-hydrogen) atoms. The van der Waals surface area contributed by atoms with Crippen LogP contribution in [0.25, 0.3) is 22.3 Å². The molecule has 6 rings (SSSR count). The summed E-state index contributed by atoms with van der Waals surface area (Å²) in [5.41, 5.74) is 1.30. The van der Waals surface area contributed by atoms with Gasteiger partial charge in [0.15, 0.2) is 5.13 Å². The van der Waals surface area contributed by atoms with E-state index in [1.807, 2.05) is 64.3 Å². The minimum atomic E-state index is -4.08. The lowest BCUT2D eigenvalue weighted by molar-refractivity contribution is -0.331. The molecule has 1 aromatic carbocycles. The predicted molar refractivity (Wildman–Crippen MR) is 217 cm³/mol. The van der Waals surface area contributed by atoms with Crippen molar-refractivity contribution in [2.24, 2.45) is 11.3 Å². The normalized spacial score (nSPS) is 23.8. The fourth-order valence-electron chi connectivity index (χ4n) is 7.76. The average molecular weight is 828 g/mol. The number of anilines is 1. The minimum absolute atomic E-state index is 0.0135. The molecule has 17 heteroatoms. The molecule has 3 aliphatic rings. The van der Waals surface area contributed by atoms with Crippen LogP contribution in [0.2, 0.25) is 0 Å². The summed E-state index contributed by atoms with van der Waals surface area (Å²) in [5, 5.41) is 11.0. The Labute approximate surface area is 337 Å². The zero-order valence-electron chi connectivity index (χ0n) is 33.8. The Balaban J connectivity index is 1.34. The van der Waals surface area contributed by atoms with Gasteiger partial charge < -0.3 is 44.7 Å². The number of nitrogens with one attached hydrogen (secondary N) is 4. The van der Waals surface area contributed by atoms with Crippen molar-refractivity contribution in [2.75, 3.05) is 32.4 Å². The molecule has 0 spiro atoms. The van der Waals surface area contributed by atoms with E-state index in [1.54, 1.807) is 13.2 Å². The van der Waals surface area contributed by atoms with E-state index in [0.29, 0.717) is 28.4 Å². The molecule has 2 aliphatic carbocycles. The maximum Gasteiger partial charge on any atom is 0.408 e. The van der Waals surface area contributed by atoms with E-state index in [9.17, 15) is 23.8 Å². The lowest BCUT2D eigenvalue weighted by Gasteiger charge is -2.35. The zero-order valence-corrected chi connectivity index (χ0v) is 35.5. The monoisotopic (exact) mass is 827 g/mol. The quantitative estimate of drug-likeness (QED) is 0.105. The number of pyridine rings is 1. The lowest BCUT2D eigenvalue weighted by atomic mass is 9.85. The number of benzene rings is 1. The number of carbonyl (C=O) groups excluding carboxylic acids is 3. The first-order chi connectivity index (χ1) is 27.0. The van der Waals surface area contributed by atoms with Crippen LogP contribution >= 0.6 is 18.7 Å². The molecule has 3 heterocycles. The molecule has 1 aliphatic heterocycles. The molecule has 5 N–H and O–H groups in total. The number of hydrogen-bond donors (Lipinski definition) is 4. The van der Waals surface area contributed by atoms with Crippen LogP contribution in [0.5, 0.6) is 11.5 Å². The molecule has 3 fully saturated rings. The van der Waals surface area contributed by atoms with Crippen molar-refractivity contribution in [3.63, 3.8) is 0 Å². The molecule has 3 aromatic rings. The molecule has 2 unspecified atom stereocenters. The van der Waals surface area contributed by atoms with E-state index in [4.69, 9.17) is 23.9 Å². The molecule has 2 aromatic heterocycles. The Hall–Kier alpha value is -4.24. The van der Waals surface area contributed by atoms with E-state index in [-0.39, 0.29) is 31.5 Å². The predicted octanol–water partition coefficient (Wildman–Crippen LogP) is 5.93. The molecule has 6 atom stereocenters. The SMILES string of the molecule is C=C[C@@H]1C[C@]1(NC(=O)[C@@H]1CC(Oc2cc(-c3csc(NC(C)C)n3)[nH+]c3cc(OC)ccc23)CN1C(=O)[C@@H](NC(=O)OC1CCCC1)C(C)(C)C)P(=O)(O)COC. The Kier molecular flexibility index (Phi) is 12.6. The summed E-state index contributed by atoms with van der Waals surface area (Å²) in [6, 6.07) is 5.40. The van der Waals surface area contributed by atoms with E-state index in [0.717, 1.165) is 36.2 Å². The van der Waals surface area contributed by atoms with Crippen molar-refractivity contribution < 1.29 is 47.8 Å². The smallest absolute Gasteiger partial charge is 0.408 e. The summed E-state index contributed by atoms with van der Waals surface area (Å²) in [6.07, 6.45) is 3.18.